The highest BCUT2D eigenvalue weighted by Gasteiger charge is 1.95. The summed E-state index contributed by atoms with van der Waals surface area (Å²) in [7, 11) is 0. The van der Waals surface area contributed by atoms with Crippen LogP contribution < -0.4 is 5.73 Å². The molecule has 1 heterocycles. The molecule has 1 radical (unpaired) electrons. The number of nitrogens with zero attached hydrogens (tertiary/aromatic N) is 1. The van der Waals surface area contributed by atoms with Gasteiger partial charge in [0, 0.05) is 0 Å². The van der Waals surface area contributed by atoms with E-state index in [1.165, 1.54) is 11.3 Å². The van der Waals surface area contributed by atoms with Gasteiger partial charge in [0.05, 0.1) is 11.2 Å². The molecule has 0 atom stereocenters. The Labute approximate surface area is 52.4 Å². The standard InChI is InChI=1S/C5H7N2S/c1-2-4-5(6)8-3-7-4/h3H,1-2,6H2. The molecule has 0 aliphatic carbocycles. The van der Waals surface area contributed by atoms with Crippen LogP contribution in [-0.2, 0) is 6.42 Å². The summed E-state index contributed by atoms with van der Waals surface area (Å²) < 4.78 is 0. The Morgan fingerprint density at radius 1 is 1.88 bits per heavy atom. The number of aromatic nitrogens is 1. The van der Waals surface area contributed by atoms with Gasteiger partial charge in [0.25, 0.3) is 0 Å². The molecule has 1 rings (SSSR count). The van der Waals surface area contributed by atoms with E-state index in [-0.39, 0.29) is 0 Å². The minimum atomic E-state index is 0.690. The fourth-order valence-electron chi connectivity index (χ4n) is 0.466. The minimum Gasteiger partial charge on any atom is -0.389 e. The van der Waals surface area contributed by atoms with Crippen LogP contribution in [0.5, 0.6) is 0 Å². The molecule has 1 aromatic rings. The van der Waals surface area contributed by atoms with E-state index in [0.717, 1.165) is 10.7 Å². The van der Waals surface area contributed by atoms with Gasteiger partial charge in [-0.3, -0.25) is 0 Å². The Bertz CT molecular complexity index is 171. The molecule has 43 valence electrons. The second kappa shape index (κ2) is 2.13. The molecule has 0 aliphatic heterocycles. The molecule has 0 amide bonds. The van der Waals surface area contributed by atoms with Gasteiger partial charge >= 0.3 is 0 Å². The highest BCUT2D eigenvalue weighted by molar-refractivity contribution is 7.13. The first-order chi connectivity index (χ1) is 3.84. The van der Waals surface area contributed by atoms with E-state index in [0.29, 0.717) is 6.42 Å². The Balaban J connectivity index is 2.92. The van der Waals surface area contributed by atoms with Crippen LogP contribution in [0.25, 0.3) is 0 Å². The molecule has 0 fully saturated rings. The molecule has 0 saturated heterocycles. The van der Waals surface area contributed by atoms with Gasteiger partial charge < -0.3 is 5.73 Å². The molecule has 1 aromatic heterocycles. The first kappa shape index (κ1) is 5.56. The van der Waals surface area contributed by atoms with E-state index in [1.807, 2.05) is 0 Å². The number of hydrogen-bond donors (Lipinski definition) is 1. The Morgan fingerprint density at radius 3 is 2.88 bits per heavy atom. The smallest absolute Gasteiger partial charge is 0.109 e. The Hall–Kier alpha value is -0.570. The first-order valence-corrected chi connectivity index (χ1v) is 3.19. The Morgan fingerprint density at radius 2 is 2.62 bits per heavy atom. The van der Waals surface area contributed by atoms with Gasteiger partial charge in [-0.05, 0) is 13.3 Å². The molecule has 2 N–H and O–H groups in total. The fourth-order valence-corrected chi connectivity index (χ4v) is 1.05. The predicted molar refractivity (Wildman–Crippen MR) is 35.6 cm³/mol. The molecule has 0 unspecified atom stereocenters. The maximum Gasteiger partial charge on any atom is 0.109 e. The summed E-state index contributed by atoms with van der Waals surface area (Å²) in [6, 6.07) is 0. The van der Waals surface area contributed by atoms with Crippen LogP contribution in [-0.4, -0.2) is 4.98 Å². The number of hydrogen-bond acceptors (Lipinski definition) is 3. The molecule has 8 heavy (non-hydrogen) atoms. The number of nitrogens with two attached hydrogens (primary N) is 1. The summed E-state index contributed by atoms with van der Waals surface area (Å²) in [5.41, 5.74) is 8.11. The van der Waals surface area contributed by atoms with Crippen molar-refractivity contribution in [3.8, 4) is 0 Å². The summed E-state index contributed by atoms with van der Waals surface area (Å²) in [5, 5.41) is 0.792. The van der Waals surface area contributed by atoms with Crippen molar-refractivity contribution >= 4 is 16.3 Å². The van der Waals surface area contributed by atoms with Crippen LogP contribution in [0, 0.1) is 6.92 Å². The average Bonchev–Trinajstić information content (AvgIpc) is 2.14. The zero-order chi connectivity index (χ0) is 5.98. The summed E-state index contributed by atoms with van der Waals surface area (Å²) in [6.45, 7) is 3.65. The van der Waals surface area contributed by atoms with Crippen molar-refractivity contribution < 1.29 is 0 Å². The zero-order valence-corrected chi connectivity index (χ0v) is 5.24. The van der Waals surface area contributed by atoms with E-state index >= 15 is 0 Å². The van der Waals surface area contributed by atoms with E-state index in [9.17, 15) is 0 Å². The first-order valence-electron chi connectivity index (χ1n) is 2.31. The average molecular weight is 127 g/mol. The van der Waals surface area contributed by atoms with Crippen molar-refractivity contribution in [1.82, 2.24) is 4.98 Å². The number of nitrogen functional groups attached to an aromatic ring is 1. The van der Waals surface area contributed by atoms with Crippen LogP contribution in [0.4, 0.5) is 5.00 Å². The van der Waals surface area contributed by atoms with E-state index in [4.69, 9.17) is 5.73 Å². The molecule has 0 saturated carbocycles. The Kier molecular flexibility index (Phi) is 1.48. The van der Waals surface area contributed by atoms with Crippen molar-refractivity contribution in [1.29, 1.82) is 0 Å². The SMILES string of the molecule is [CH2]Cc1ncsc1N. The van der Waals surface area contributed by atoms with Crippen LogP contribution in [0.2, 0.25) is 0 Å². The lowest BCUT2D eigenvalue weighted by Crippen LogP contribution is -1.86. The molecule has 0 aromatic carbocycles. The number of anilines is 1. The quantitative estimate of drug-likeness (QED) is 0.613. The normalized spacial score (nSPS) is 9.62. The lowest BCUT2D eigenvalue weighted by atomic mass is 10.4. The molecule has 0 bridgehead atoms. The maximum absolute atomic E-state index is 5.47. The third-order valence-corrected chi connectivity index (χ3v) is 1.61. The lowest BCUT2D eigenvalue weighted by molar-refractivity contribution is 1.16. The second-order valence-corrected chi connectivity index (χ2v) is 2.30. The van der Waals surface area contributed by atoms with Gasteiger partial charge in [0.1, 0.15) is 5.00 Å². The van der Waals surface area contributed by atoms with Gasteiger partial charge in [-0.15, -0.1) is 11.3 Å². The van der Waals surface area contributed by atoms with Crippen molar-refractivity contribution in [2.75, 3.05) is 5.73 Å². The van der Waals surface area contributed by atoms with Gasteiger partial charge in [0.2, 0.25) is 0 Å². The predicted octanol–water partition coefficient (Wildman–Crippen LogP) is 1.10. The third kappa shape index (κ3) is 0.816. The largest absolute Gasteiger partial charge is 0.389 e. The molecule has 0 aliphatic rings. The number of thiazole rings is 1. The van der Waals surface area contributed by atoms with E-state index in [1.54, 1.807) is 5.51 Å². The maximum atomic E-state index is 5.47. The summed E-state index contributed by atoms with van der Waals surface area (Å²) in [6.07, 6.45) is 0.690. The minimum absolute atomic E-state index is 0.690. The number of rotatable bonds is 1. The second-order valence-electron chi connectivity index (χ2n) is 1.41. The summed E-state index contributed by atoms with van der Waals surface area (Å²) in [4.78, 5) is 3.97. The molecular formula is C5H7N2S. The van der Waals surface area contributed by atoms with Gasteiger partial charge in [-0.2, -0.15) is 0 Å². The topological polar surface area (TPSA) is 38.9 Å². The van der Waals surface area contributed by atoms with Crippen molar-refractivity contribution in [3.63, 3.8) is 0 Å². The van der Waals surface area contributed by atoms with Gasteiger partial charge in [-0.25, -0.2) is 4.98 Å². The highest BCUT2D eigenvalue weighted by Crippen LogP contribution is 2.14. The molecule has 2 nitrogen and oxygen atoms in total. The van der Waals surface area contributed by atoms with Gasteiger partial charge in [-0.1, -0.05) is 0 Å². The zero-order valence-electron chi connectivity index (χ0n) is 4.42. The van der Waals surface area contributed by atoms with E-state index in [2.05, 4.69) is 11.9 Å². The third-order valence-electron chi connectivity index (χ3n) is 0.909. The van der Waals surface area contributed by atoms with Gasteiger partial charge in [0.15, 0.2) is 0 Å². The highest BCUT2D eigenvalue weighted by atomic mass is 32.1. The molecular weight excluding hydrogens is 120 g/mol. The molecule has 0 spiro atoms. The summed E-state index contributed by atoms with van der Waals surface area (Å²) >= 11 is 1.46. The van der Waals surface area contributed by atoms with Crippen LogP contribution in [0.15, 0.2) is 5.51 Å². The van der Waals surface area contributed by atoms with Crippen LogP contribution >= 0.6 is 11.3 Å². The van der Waals surface area contributed by atoms with Crippen molar-refractivity contribution in [2.24, 2.45) is 0 Å². The summed E-state index contributed by atoms with van der Waals surface area (Å²) in [5.74, 6) is 0. The monoisotopic (exact) mass is 127 g/mol. The lowest BCUT2D eigenvalue weighted by Gasteiger charge is -1.85. The van der Waals surface area contributed by atoms with E-state index < -0.39 is 0 Å². The van der Waals surface area contributed by atoms with Crippen LogP contribution in [0.1, 0.15) is 5.69 Å². The fraction of sp³-hybridized carbons (Fsp3) is 0.200. The molecule has 3 heteroatoms. The van der Waals surface area contributed by atoms with Crippen LogP contribution in [0.3, 0.4) is 0 Å². The van der Waals surface area contributed by atoms with Crippen molar-refractivity contribution in [2.45, 2.75) is 6.42 Å². The van der Waals surface area contributed by atoms with Crippen molar-refractivity contribution in [3.05, 3.63) is 18.1 Å².